The maximum Gasteiger partial charge on any atom is 0.434 e. The lowest BCUT2D eigenvalue weighted by molar-refractivity contribution is -0.308. The number of benzene rings is 1. The van der Waals surface area contributed by atoms with E-state index in [1.54, 1.807) is 0 Å². The van der Waals surface area contributed by atoms with Gasteiger partial charge in [-0.05, 0) is 17.7 Å². The number of nitrogens with zero attached hydrogens (tertiary/aromatic N) is 3. The van der Waals surface area contributed by atoms with Crippen LogP contribution < -0.4 is 4.90 Å². The van der Waals surface area contributed by atoms with E-state index in [0.29, 0.717) is 29.7 Å². The molecule has 184 valence electrons. The summed E-state index contributed by atoms with van der Waals surface area (Å²) in [5, 5.41) is 0.518. The summed E-state index contributed by atoms with van der Waals surface area (Å²) in [4.78, 5) is 16.7. The lowest BCUT2D eigenvalue weighted by Gasteiger charge is -2.36. The van der Waals surface area contributed by atoms with Crippen molar-refractivity contribution in [3.8, 4) is 0 Å². The predicted octanol–water partition coefficient (Wildman–Crippen LogP) is 4.44. The number of alkyl halides is 6. The SMILES string of the molecule is C=C1CN(Cc2ccc(N3CCOCC3)cc2Cl)CCN1C(=O)OC(C(F)(F)F)C(F)(F)F. The average Bonchev–Trinajstić information content (AvgIpc) is 2.72. The Balaban J connectivity index is 1.59. The van der Waals surface area contributed by atoms with Crippen LogP contribution in [0.15, 0.2) is 30.5 Å². The highest BCUT2D eigenvalue weighted by atomic mass is 35.5. The molecule has 0 spiro atoms. The number of carbonyl (C=O) groups is 1. The molecule has 0 bridgehead atoms. The summed E-state index contributed by atoms with van der Waals surface area (Å²) in [5.41, 5.74) is 1.76. The van der Waals surface area contributed by atoms with Gasteiger partial charge in [-0.15, -0.1) is 0 Å². The van der Waals surface area contributed by atoms with Gasteiger partial charge in [-0.25, -0.2) is 4.79 Å². The molecule has 2 aliphatic rings. The second-order valence-electron chi connectivity index (χ2n) is 7.65. The van der Waals surface area contributed by atoms with Crippen molar-refractivity contribution in [2.45, 2.75) is 25.0 Å². The van der Waals surface area contributed by atoms with Crippen molar-refractivity contribution < 1.29 is 40.6 Å². The molecule has 0 radical (unpaired) electrons. The number of morpholine rings is 1. The predicted molar refractivity (Wildman–Crippen MR) is 108 cm³/mol. The Morgan fingerprint density at radius 3 is 2.27 bits per heavy atom. The Hall–Kier alpha value is -2.18. The quantitative estimate of drug-likeness (QED) is 0.571. The smallest absolute Gasteiger partial charge is 0.426 e. The summed E-state index contributed by atoms with van der Waals surface area (Å²) in [6, 6.07) is 5.61. The standard InChI is InChI=1S/C20H22ClF6N3O3/c1-13-11-28(4-5-30(13)18(31)33-17(19(22,23)24)20(25,26)27)12-14-2-3-15(10-16(14)21)29-6-8-32-9-7-29/h2-3,10,17H,1,4-9,11-12H2. The molecule has 2 aliphatic heterocycles. The number of amides is 1. The number of carbonyl (C=O) groups excluding carboxylic acids is 1. The highest BCUT2D eigenvalue weighted by molar-refractivity contribution is 6.31. The van der Waals surface area contributed by atoms with Crippen LogP contribution >= 0.6 is 11.6 Å². The molecule has 0 unspecified atom stereocenters. The van der Waals surface area contributed by atoms with Crippen molar-refractivity contribution in [3.63, 3.8) is 0 Å². The molecule has 1 amide bonds. The highest BCUT2D eigenvalue weighted by Crippen LogP contribution is 2.36. The van der Waals surface area contributed by atoms with Crippen LogP contribution in [0.5, 0.6) is 0 Å². The number of anilines is 1. The molecule has 0 saturated carbocycles. The lowest BCUT2D eigenvalue weighted by atomic mass is 10.1. The second kappa shape index (κ2) is 9.98. The van der Waals surface area contributed by atoms with Crippen LogP contribution in [0.25, 0.3) is 0 Å². The zero-order valence-corrected chi connectivity index (χ0v) is 18.1. The Kier molecular flexibility index (Phi) is 7.69. The lowest BCUT2D eigenvalue weighted by Crippen LogP contribution is -2.51. The number of piperazine rings is 1. The van der Waals surface area contributed by atoms with E-state index in [9.17, 15) is 31.1 Å². The number of halogens is 7. The molecule has 2 fully saturated rings. The minimum atomic E-state index is -5.78. The first-order chi connectivity index (χ1) is 15.4. The average molecular weight is 502 g/mol. The Labute approximate surface area is 191 Å². The van der Waals surface area contributed by atoms with Crippen LogP contribution in [0.2, 0.25) is 5.02 Å². The molecule has 1 aromatic carbocycles. The molecule has 13 heteroatoms. The molecule has 3 rings (SSSR count). The van der Waals surface area contributed by atoms with E-state index in [-0.39, 0.29) is 25.3 Å². The highest BCUT2D eigenvalue weighted by Gasteiger charge is 2.60. The van der Waals surface area contributed by atoms with E-state index in [1.807, 2.05) is 23.1 Å². The summed E-state index contributed by atoms with van der Waals surface area (Å²) in [5.74, 6) is 0. The van der Waals surface area contributed by atoms with Crippen LogP contribution in [0.1, 0.15) is 5.56 Å². The van der Waals surface area contributed by atoms with Crippen LogP contribution in [-0.2, 0) is 16.0 Å². The van der Waals surface area contributed by atoms with Gasteiger partial charge in [0.1, 0.15) is 0 Å². The third kappa shape index (κ3) is 6.45. The fourth-order valence-electron chi connectivity index (χ4n) is 3.58. The number of ether oxygens (including phenoxy) is 2. The van der Waals surface area contributed by atoms with Gasteiger partial charge in [0.15, 0.2) is 0 Å². The third-order valence-electron chi connectivity index (χ3n) is 5.27. The topological polar surface area (TPSA) is 45.2 Å². The fourth-order valence-corrected chi connectivity index (χ4v) is 3.82. The van der Waals surface area contributed by atoms with E-state index < -0.39 is 24.5 Å². The van der Waals surface area contributed by atoms with Gasteiger partial charge in [0, 0.05) is 55.7 Å². The van der Waals surface area contributed by atoms with Gasteiger partial charge in [-0.1, -0.05) is 24.2 Å². The first-order valence-electron chi connectivity index (χ1n) is 9.99. The van der Waals surface area contributed by atoms with Crippen LogP contribution in [0.3, 0.4) is 0 Å². The van der Waals surface area contributed by atoms with Crippen molar-refractivity contribution in [2.75, 3.05) is 50.8 Å². The van der Waals surface area contributed by atoms with E-state index in [0.717, 1.165) is 24.3 Å². The molecule has 1 aromatic rings. The Morgan fingerprint density at radius 1 is 1.09 bits per heavy atom. The van der Waals surface area contributed by atoms with Gasteiger partial charge in [0.2, 0.25) is 0 Å². The molecule has 2 saturated heterocycles. The number of rotatable bonds is 4. The maximum absolute atomic E-state index is 12.7. The normalized spacial score (nSPS) is 18.7. The van der Waals surface area contributed by atoms with Crippen molar-refractivity contribution >= 4 is 23.4 Å². The zero-order chi connectivity index (χ0) is 24.4. The van der Waals surface area contributed by atoms with E-state index in [4.69, 9.17) is 16.3 Å². The van der Waals surface area contributed by atoms with E-state index in [1.165, 1.54) is 0 Å². The second-order valence-corrected chi connectivity index (χ2v) is 8.06. The number of hydrogen-bond donors (Lipinski definition) is 0. The van der Waals surface area contributed by atoms with Crippen LogP contribution in [-0.4, -0.2) is 80.3 Å². The van der Waals surface area contributed by atoms with Crippen molar-refractivity contribution in [1.29, 1.82) is 0 Å². The molecule has 33 heavy (non-hydrogen) atoms. The van der Waals surface area contributed by atoms with Crippen molar-refractivity contribution in [2.24, 2.45) is 0 Å². The molecule has 0 atom stereocenters. The van der Waals surface area contributed by atoms with Crippen molar-refractivity contribution in [3.05, 3.63) is 41.1 Å². The van der Waals surface area contributed by atoms with Gasteiger partial charge in [-0.3, -0.25) is 9.80 Å². The summed E-state index contributed by atoms with van der Waals surface area (Å²) in [6.07, 6.45) is -17.5. The fraction of sp³-hybridized carbons (Fsp3) is 0.550. The van der Waals surface area contributed by atoms with Gasteiger partial charge < -0.3 is 14.4 Å². The molecular formula is C20H22ClF6N3O3. The Bertz CT molecular complexity index is 860. The number of hydrogen-bond acceptors (Lipinski definition) is 5. The van der Waals surface area contributed by atoms with Gasteiger partial charge in [0.25, 0.3) is 6.10 Å². The summed E-state index contributed by atoms with van der Waals surface area (Å²) in [6.45, 7) is 6.76. The monoisotopic (exact) mass is 501 g/mol. The minimum Gasteiger partial charge on any atom is -0.426 e. The van der Waals surface area contributed by atoms with Crippen molar-refractivity contribution in [1.82, 2.24) is 9.80 Å². The summed E-state index contributed by atoms with van der Waals surface area (Å²) < 4.78 is 85.1. The molecule has 0 aromatic heterocycles. The summed E-state index contributed by atoms with van der Waals surface area (Å²) in [7, 11) is 0. The summed E-state index contributed by atoms with van der Waals surface area (Å²) >= 11 is 6.42. The van der Waals surface area contributed by atoms with Crippen LogP contribution in [0.4, 0.5) is 36.8 Å². The van der Waals surface area contributed by atoms with Gasteiger partial charge >= 0.3 is 18.4 Å². The van der Waals surface area contributed by atoms with E-state index in [2.05, 4.69) is 16.2 Å². The minimum absolute atomic E-state index is 0.0235. The molecule has 0 aliphatic carbocycles. The molecule has 2 heterocycles. The maximum atomic E-state index is 12.7. The van der Waals surface area contributed by atoms with Gasteiger partial charge in [0.05, 0.1) is 13.2 Å². The third-order valence-corrected chi connectivity index (χ3v) is 5.62. The first kappa shape index (κ1) is 25.4. The molecule has 6 nitrogen and oxygen atoms in total. The van der Waals surface area contributed by atoms with Gasteiger partial charge in [-0.2, -0.15) is 26.3 Å². The van der Waals surface area contributed by atoms with E-state index >= 15 is 0 Å². The largest absolute Gasteiger partial charge is 0.434 e. The Morgan fingerprint density at radius 2 is 1.73 bits per heavy atom. The molecular weight excluding hydrogens is 480 g/mol. The first-order valence-corrected chi connectivity index (χ1v) is 10.4. The zero-order valence-electron chi connectivity index (χ0n) is 17.4. The van der Waals surface area contributed by atoms with Crippen LogP contribution in [0, 0.1) is 0 Å². The molecule has 0 N–H and O–H groups in total.